The molecule has 112 valence electrons. The Morgan fingerprint density at radius 1 is 1.14 bits per heavy atom. The summed E-state index contributed by atoms with van der Waals surface area (Å²) in [5, 5.41) is 0. The van der Waals surface area contributed by atoms with Gasteiger partial charge >= 0.3 is 0 Å². The Hall–Kier alpha value is -1.73. The molecule has 0 heterocycles. The Labute approximate surface area is 125 Å². The van der Waals surface area contributed by atoms with E-state index in [1.807, 2.05) is 0 Å². The zero-order valence-corrected chi connectivity index (χ0v) is 12.9. The minimum absolute atomic E-state index is 0.0588. The lowest BCUT2D eigenvalue weighted by molar-refractivity contribution is 0.601. The fourth-order valence-corrected chi connectivity index (χ4v) is 3.58. The van der Waals surface area contributed by atoms with Gasteiger partial charge in [0.1, 0.15) is 5.82 Å². The summed E-state index contributed by atoms with van der Waals surface area (Å²) in [6.07, 6.45) is 1.10. The first kappa shape index (κ1) is 15.7. The summed E-state index contributed by atoms with van der Waals surface area (Å²) in [5.74, 6) is -0.562. The standard InChI is InChI=1S/C14H14FNO3S2/c1-21(18,19)11-7-5-10(6-8-11)20(17)9-12-13(15)3-2-4-14(12)16/h2-8H,9,16H2,1H3. The molecular weight excluding hydrogens is 313 g/mol. The quantitative estimate of drug-likeness (QED) is 0.873. The van der Waals surface area contributed by atoms with E-state index in [0.29, 0.717) is 4.90 Å². The van der Waals surface area contributed by atoms with E-state index in [2.05, 4.69) is 0 Å². The van der Waals surface area contributed by atoms with Crippen LogP contribution in [0, 0.1) is 5.82 Å². The Balaban J connectivity index is 2.25. The van der Waals surface area contributed by atoms with Crippen LogP contribution < -0.4 is 5.73 Å². The van der Waals surface area contributed by atoms with Gasteiger partial charge < -0.3 is 5.73 Å². The molecule has 2 rings (SSSR count). The monoisotopic (exact) mass is 327 g/mol. The van der Waals surface area contributed by atoms with Crippen LogP contribution in [0.5, 0.6) is 0 Å². The van der Waals surface area contributed by atoms with Crippen molar-refractivity contribution < 1.29 is 17.0 Å². The van der Waals surface area contributed by atoms with Crippen molar-refractivity contribution in [3.63, 3.8) is 0 Å². The fourth-order valence-electron chi connectivity index (χ4n) is 1.78. The van der Waals surface area contributed by atoms with Gasteiger partial charge in [0.05, 0.1) is 21.4 Å². The Morgan fingerprint density at radius 3 is 2.29 bits per heavy atom. The Bertz CT molecular complexity index is 766. The predicted octanol–water partition coefficient (Wildman–Crippen LogP) is 2.12. The van der Waals surface area contributed by atoms with Crippen LogP contribution in [0.3, 0.4) is 0 Å². The lowest BCUT2D eigenvalue weighted by atomic mass is 10.2. The molecular formula is C14H14FNO3S2. The number of hydrogen-bond donors (Lipinski definition) is 1. The van der Waals surface area contributed by atoms with Crippen LogP contribution in [-0.2, 0) is 26.4 Å². The SMILES string of the molecule is CS(=O)(=O)c1ccc(S(=O)Cc2c(N)cccc2F)cc1. The summed E-state index contributed by atoms with van der Waals surface area (Å²) >= 11 is 0. The average molecular weight is 327 g/mol. The van der Waals surface area contributed by atoms with Gasteiger partial charge in [-0.15, -0.1) is 0 Å². The molecule has 2 N–H and O–H groups in total. The molecule has 0 aliphatic carbocycles. The summed E-state index contributed by atoms with van der Waals surface area (Å²) in [7, 11) is -4.80. The Kier molecular flexibility index (Phi) is 4.43. The number of benzene rings is 2. The summed E-state index contributed by atoms with van der Waals surface area (Å²) in [6, 6.07) is 9.98. The second kappa shape index (κ2) is 5.95. The normalized spacial score (nSPS) is 13.0. The molecule has 0 aliphatic heterocycles. The average Bonchev–Trinajstić information content (AvgIpc) is 2.42. The number of anilines is 1. The molecule has 0 saturated carbocycles. The smallest absolute Gasteiger partial charge is 0.175 e. The molecule has 0 saturated heterocycles. The van der Waals surface area contributed by atoms with Crippen molar-refractivity contribution in [2.75, 3.05) is 12.0 Å². The number of halogens is 1. The van der Waals surface area contributed by atoms with E-state index in [4.69, 9.17) is 5.73 Å². The molecule has 0 fully saturated rings. The molecule has 0 amide bonds. The van der Waals surface area contributed by atoms with Crippen LogP contribution in [-0.4, -0.2) is 18.9 Å². The van der Waals surface area contributed by atoms with E-state index in [1.54, 1.807) is 6.07 Å². The van der Waals surface area contributed by atoms with Crippen LogP contribution in [0.1, 0.15) is 5.56 Å². The fraction of sp³-hybridized carbons (Fsp3) is 0.143. The van der Waals surface area contributed by atoms with Crippen molar-refractivity contribution in [3.05, 3.63) is 53.8 Å². The molecule has 1 atom stereocenters. The van der Waals surface area contributed by atoms with E-state index < -0.39 is 26.5 Å². The van der Waals surface area contributed by atoms with Gasteiger partial charge in [0, 0.05) is 22.4 Å². The van der Waals surface area contributed by atoms with E-state index in [0.717, 1.165) is 6.26 Å². The van der Waals surface area contributed by atoms with E-state index in [-0.39, 0.29) is 21.9 Å². The van der Waals surface area contributed by atoms with Gasteiger partial charge in [0.25, 0.3) is 0 Å². The maximum absolute atomic E-state index is 13.7. The molecule has 0 radical (unpaired) electrons. The number of nitrogen functional groups attached to an aromatic ring is 1. The van der Waals surface area contributed by atoms with Gasteiger partial charge in [0.15, 0.2) is 9.84 Å². The van der Waals surface area contributed by atoms with Gasteiger partial charge in [-0.05, 0) is 36.4 Å². The van der Waals surface area contributed by atoms with Crippen LogP contribution in [0.2, 0.25) is 0 Å². The summed E-state index contributed by atoms with van der Waals surface area (Å²) in [5.41, 5.74) is 6.12. The van der Waals surface area contributed by atoms with Gasteiger partial charge in [-0.2, -0.15) is 0 Å². The molecule has 21 heavy (non-hydrogen) atoms. The number of hydrogen-bond acceptors (Lipinski definition) is 4. The topological polar surface area (TPSA) is 77.2 Å². The lowest BCUT2D eigenvalue weighted by Crippen LogP contribution is -2.04. The highest BCUT2D eigenvalue weighted by Gasteiger charge is 2.13. The van der Waals surface area contributed by atoms with Crippen molar-refractivity contribution in [1.29, 1.82) is 0 Å². The van der Waals surface area contributed by atoms with Crippen molar-refractivity contribution in [1.82, 2.24) is 0 Å². The molecule has 2 aromatic carbocycles. The lowest BCUT2D eigenvalue weighted by Gasteiger charge is -2.07. The third-order valence-corrected chi connectivity index (χ3v) is 5.42. The number of rotatable bonds is 4. The highest BCUT2D eigenvalue weighted by atomic mass is 32.2. The van der Waals surface area contributed by atoms with Gasteiger partial charge in [0.2, 0.25) is 0 Å². The summed E-state index contributed by atoms with van der Waals surface area (Å²) < 4.78 is 48.6. The largest absolute Gasteiger partial charge is 0.398 e. The van der Waals surface area contributed by atoms with Gasteiger partial charge in [-0.25, -0.2) is 12.8 Å². The Morgan fingerprint density at radius 2 is 1.76 bits per heavy atom. The van der Waals surface area contributed by atoms with Crippen LogP contribution >= 0.6 is 0 Å². The van der Waals surface area contributed by atoms with Crippen molar-refractivity contribution in [2.45, 2.75) is 15.5 Å². The third-order valence-electron chi connectivity index (χ3n) is 2.95. The first-order valence-electron chi connectivity index (χ1n) is 6.00. The molecule has 0 aliphatic rings. The predicted molar refractivity (Wildman–Crippen MR) is 80.5 cm³/mol. The maximum Gasteiger partial charge on any atom is 0.175 e. The molecule has 2 aromatic rings. The summed E-state index contributed by atoms with van der Waals surface area (Å²) in [4.78, 5) is 0.568. The van der Waals surface area contributed by atoms with Crippen molar-refractivity contribution >= 4 is 26.3 Å². The van der Waals surface area contributed by atoms with Gasteiger partial charge in [-0.1, -0.05) is 6.07 Å². The zero-order chi connectivity index (χ0) is 15.6. The number of sulfone groups is 1. The van der Waals surface area contributed by atoms with Gasteiger partial charge in [-0.3, -0.25) is 4.21 Å². The maximum atomic E-state index is 13.7. The molecule has 0 spiro atoms. The molecule has 0 aromatic heterocycles. The van der Waals surface area contributed by atoms with E-state index in [1.165, 1.54) is 36.4 Å². The minimum Gasteiger partial charge on any atom is -0.398 e. The van der Waals surface area contributed by atoms with Crippen molar-refractivity contribution in [3.8, 4) is 0 Å². The van der Waals surface area contributed by atoms with Crippen molar-refractivity contribution in [2.24, 2.45) is 0 Å². The highest BCUT2D eigenvalue weighted by Crippen LogP contribution is 2.21. The first-order chi connectivity index (χ1) is 9.79. The second-order valence-corrected chi connectivity index (χ2v) is 8.01. The molecule has 1 unspecified atom stereocenters. The highest BCUT2D eigenvalue weighted by molar-refractivity contribution is 7.90. The first-order valence-corrected chi connectivity index (χ1v) is 9.21. The van der Waals surface area contributed by atoms with Crippen LogP contribution in [0.4, 0.5) is 10.1 Å². The zero-order valence-electron chi connectivity index (χ0n) is 11.2. The van der Waals surface area contributed by atoms with E-state index >= 15 is 0 Å². The van der Waals surface area contributed by atoms with Crippen LogP contribution in [0.25, 0.3) is 0 Å². The molecule has 0 bridgehead atoms. The van der Waals surface area contributed by atoms with E-state index in [9.17, 15) is 17.0 Å². The second-order valence-electron chi connectivity index (χ2n) is 4.54. The third kappa shape index (κ3) is 3.68. The molecule has 4 nitrogen and oxygen atoms in total. The summed E-state index contributed by atoms with van der Waals surface area (Å²) in [6.45, 7) is 0. The minimum atomic E-state index is -3.30. The number of nitrogens with two attached hydrogens (primary N) is 1. The van der Waals surface area contributed by atoms with Crippen LogP contribution in [0.15, 0.2) is 52.3 Å². The molecule has 7 heteroatoms.